The summed E-state index contributed by atoms with van der Waals surface area (Å²) in [4.78, 5) is 24.6. The van der Waals surface area contributed by atoms with Crippen LogP contribution >= 0.6 is 23.5 Å². The molecular weight excluding hydrogens is 455 g/mol. The third-order valence-corrected chi connectivity index (χ3v) is 5.59. The average molecular weight is 473 g/mol. The van der Waals surface area contributed by atoms with Crippen molar-refractivity contribution < 1.29 is 32.2 Å². The fourth-order valence-electron chi connectivity index (χ4n) is 2.69. The van der Waals surface area contributed by atoms with Crippen LogP contribution in [-0.4, -0.2) is 37.8 Å². The summed E-state index contributed by atoms with van der Waals surface area (Å²) < 4.78 is 52.0. The number of azo groups is 1. The van der Waals surface area contributed by atoms with Gasteiger partial charge in [-0.25, -0.2) is 9.59 Å². The van der Waals surface area contributed by atoms with Crippen LogP contribution in [0.25, 0.3) is 0 Å². The Morgan fingerprint density at radius 3 is 2.00 bits per heavy atom. The molecule has 0 unspecified atom stereocenters. The molecule has 1 atom stereocenters. The zero-order valence-electron chi connectivity index (χ0n) is 16.6. The number of methoxy groups -OCH3 is 1. The van der Waals surface area contributed by atoms with Gasteiger partial charge in [-0.15, -0.1) is 28.6 Å². The summed E-state index contributed by atoms with van der Waals surface area (Å²) >= 11 is 2.34. The van der Waals surface area contributed by atoms with Crippen molar-refractivity contribution >= 4 is 41.2 Å². The van der Waals surface area contributed by atoms with Crippen LogP contribution in [0.4, 0.5) is 23.7 Å². The van der Waals surface area contributed by atoms with Gasteiger partial charge >= 0.3 is 18.2 Å². The Kier molecular flexibility index (Phi) is 8.09. The Bertz CT molecular complexity index is 962. The molecule has 0 aromatic heterocycles. The van der Waals surface area contributed by atoms with Crippen LogP contribution in [0.5, 0.6) is 5.75 Å². The van der Waals surface area contributed by atoms with Crippen molar-refractivity contribution in [2.45, 2.75) is 21.6 Å². The molecule has 0 saturated carbocycles. The molecule has 0 heterocycles. The van der Waals surface area contributed by atoms with Crippen LogP contribution in [-0.2, 0) is 15.1 Å². The van der Waals surface area contributed by atoms with Gasteiger partial charge in [-0.2, -0.15) is 13.2 Å². The summed E-state index contributed by atoms with van der Waals surface area (Å²) in [5.74, 6) is -1.81. The van der Waals surface area contributed by atoms with Crippen LogP contribution < -0.4 is 10.5 Å². The first kappa shape index (κ1) is 24.7. The predicted octanol–water partition coefficient (Wildman–Crippen LogP) is 5.30. The second-order valence-electron chi connectivity index (χ2n) is 5.85. The third-order valence-electron chi connectivity index (χ3n) is 4.09. The summed E-state index contributed by atoms with van der Waals surface area (Å²) in [6.07, 6.45) is -1.75. The maximum atomic E-state index is 14.0. The molecule has 0 aliphatic rings. The third kappa shape index (κ3) is 5.20. The van der Waals surface area contributed by atoms with Crippen LogP contribution in [0.15, 0.2) is 62.5 Å². The van der Waals surface area contributed by atoms with Gasteiger partial charge in [0.05, 0.1) is 0 Å². The van der Waals surface area contributed by atoms with E-state index in [1.807, 2.05) is 0 Å². The van der Waals surface area contributed by atoms with E-state index in [4.69, 9.17) is 15.2 Å². The summed E-state index contributed by atoms with van der Waals surface area (Å²) in [6.45, 7) is 0. The van der Waals surface area contributed by atoms with Gasteiger partial charge in [0.2, 0.25) is 0 Å². The van der Waals surface area contributed by atoms with E-state index in [-0.39, 0.29) is 11.4 Å². The van der Waals surface area contributed by atoms with E-state index >= 15 is 0 Å². The molecule has 0 aliphatic carbocycles. The maximum Gasteiger partial charge on any atom is 0.432 e. The molecule has 7 nitrogen and oxygen atoms in total. The number of carbonyl (C=O) groups excluding carboxylic acids is 2. The first-order valence-corrected chi connectivity index (χ1v) is 10.9. The van der Waals surface area contributed by atoms with Crippen molar-refractivity contribution in [3.63, 3.8) is 0 Å². The Balaban J connectivity index is 2.55. The number of nitrogens with zero attached hydrogens (tertiary/aromatic N) is 2. The van der Waals surface area contributed by atoms with Crippen LogP contribution in [0.1, 0.15) is 5.56 Å². The summed E-state index contributed by atoms with van der Waals surface area (Å²) in [5, 5.41) is 7.07. The van der Waals surface area contributed by atoms with Crippen molar-refractivity contribution in [2.24, 2.45) is 16.0 Å². The van der Waals surface area contributed by atoms with Gasteiger partial charge in [-0.1, -0.05) is 35.4 Å². The monoisotopic (exact) mass is 473 g/mol. The SMILES string of the molecule is CO[C@](C(=O)Oc1cc(SC)c(N=NC(N)=O)c(SC)c1)(c1ccccc1)C(F)(F)F. The van der Waals surface area contributed by atoms with Crippen LogP contribution in [0.2, 0.25) is 0 Å². The van der Waals surface area contributed by atoms with Crippen LogP contribution in [0, 0.1) is 0 Å². The lowest BCUT2D eigenvalue weighted by molar-refractivity contribution is -0.272. The maximum absolute atomic E-state index is 14.0. The lowest BCUT2D eigenvalue weighted by atomic mass is 9.92. The van der Waals surface area contributed by atoms with Gasteiger partial charge in [0.25, 0.3) is 5.60 Å². The van der Waals surface area contributed by atoms with Gasteiger partial charge in [0.15, 0.2) is 0 Å². The van der Waals surface area contributed by atoms with Gasteiger partial charge in [0, 0.05) is 22.5 Å². The number of benzene rings is 2. The number of primary amides is 1. The molecule has 2 amide bonds. The molecule has 0 fully saturated rings. The fourth-order valence-corrected chi connectivity index (χ4v) is 3.91. The number of carbonyl (C=O) groups is 2. The normalized spacial score (nSPS) is 13.7. The first-order valence-electron chi connectivity index (χ1n) is 8.47. The van der Waals surface area contributed by atoms with E-state index in [2.05, 4.69) is 10.2 Å². The van der Waals surface area contributed by atoms with Crippen molar-refractivity contribution in [1.29, 1.82) is 0 Å². The number of esters is 1. The minimum absolute atomic E-state index is 0.154. The second kappa shape index (κ2) is 10.2. The molecule has 166 valence electrons. The molecule has 2 N–H and O–H groups in total. The average Bonchev–Trinajstić information content (AvgIpc) is 2.72. The number of amides is 2. The molecule has 2 aromatic rings. The van der Waals surface area contributed by atoms with E-state index in [0.29, 0.717) is 9.79 Å². The Hall–Kier alpha value is -2.57. The second-order valence-corrected chi connectivity index (χ2v) is 7.55. The number of nitrogens with two attached hydrogens (primary N) is 1. The standard InChI is InChI=1S/C19H18F3N3O4S2/c1-28-18(19(20,21)22,11-7-5-4-6-8-11)16(26)29-12-9-13(30-2)15(14(10-12)31-3)24-25-17(23)27/h4-10H,1-3H3,(H2,23,27)/t18-/m0/s1. The summed E-state index contributed by atoms with van der Waals surface area (Å²) in [7, 11) is 0.787. The molecule has 0 spiro atoms. The van der Waals surface area contributed by atoms with E-state index in [1.165, 1.54) is 53.9 Å². The molecule has 0 radical (unpaired) electrons. The number of alkyl halides is 3. The molecule has 31 heavy (non-hydrogen) atoms. The number of urea groups is 1. The minimum atomic E-state index is -5.10. The molecular formula is C19H18F3N3O4S2. The molecule has 0 saturated heterocycles. The van der Waals surface area contributed by atoms with Crippen molar-refractivity contribution in [3.05, 3.63) is 48.0 Å². The quantitative estimate of drug-likeness (QED) is 0.253. The Labute approximate surface area is 184 Å². The largest absolute Gasteiger partial charge is 0.432 e. The highest BCUT2D eigenvalue weighted by atomic mass is 32.2. The first-order chi connectivity index (χ1) is 14.6. The van der Waals surface area contributed by atoms with Crippen LogP contribution in [0.3, 0.4) is 0 Å². The van der Waals surface area contributed by atoms with Gasteiger partial charge in [-0.3, -0.25) is 0 Å². The van der Waals surface area contributed by atoms with E-state index in [0.717, 1.165) is 19.2 Å². The fraction of sp³-hybridized carbons (Fsp3) is 0.263. The molecule has 12 heteroatoms. The molecule has 2 aromatic carbocycles. The summed E-state index contributed by atoms with van der Waals surface area (Å²) in [5.41, 5.74) is 1.51. The van der Waals surface area contributed by atoms with Crippen molar-refractivity contribution in [3.8, 4) is 5.75 Å². The van der Waals surface area contributed by atoms with Gasteiger partial charge in [0.1, 0.15) is 11.4 Å². The zero-order chi connectivity index (χ0) is 23.2. The van der Waals surface area contributed by atoms with Gasteiger partial charge in [-0.05, 0) is 24.6 Å². The number of rotatable bonds is 7. The number of thioether (sulfide) groups is 2. The Morgan fingerprint density at radius 1 is 1.03 bits per heavy atom. The molecule has 2 rings (SSSR count). The molecule has 0 aliphatic heterocycles. The van der Waals surface area contributed by atoms with Gasteiger partial charge < -0.3 is 15.2 Å². The highest BCUT2D eigenvalue weighted by molar-refractivity contribution is 7.99. The van der Waals surface area contributed by atoms with E-state index in [9.17, 15) is 22.8 Å². The predicted molar refractivity (Wildman–Crippen MR) is 111 cm³/mol. The number of hydrogen-bond donors (Lipinski definition) is 1. The lowest BCUT2D eigenvalue weighted by Crippen LogP contribution is -2.52. The highest BCUT2D eigenvalue weighted by Crippen LogP contribution is 2.45. The number of halogens is 3. The summed E-state index contributed by atoms with van der Waals surface area (Å²) in [6, 6.07) is 8.13. The van der Waals surface area contributed by atoms with Crippen molar-refractivity contribution in [1.82, 2.24) is 0 Å². The number of hydrogen-bond acceptors (Lipinski definition) is 7. The lowest BCUT2D eigenvalue weighted by Gasteiger charge is -2.32. The smallest absolute Gasteiger partial charge is 0.424 e. The topological polar surface area (TPSA) is 103 Å². The highest BCUT2D eigenvalue weighted by Gasteiger charge is 2.64. The van der Waals surface area contributed by atoms with E-state index in [1.54, 1.807) is 12.5 Å². The minimum Gasteiger partial charge on any atom is -0.424 e. The number of ether oxygens (including phenoxy) is 2. The zero-order valence-corrected chi connectivity index (χ0v) is 18.2. The Morgan fingerprint density at radius 2 is 1.58 bits per heavy atom. The van der Waals surface area contributed by atoms with Crippen molar-refractivity contribution in [2.75, 3.05) is 19.6 Å². The van der Waals surface area contributed by atoms with E-state index < -0.39 is 29.3 Å². The molecule has 0 bridgehead atoms.